The molecule has 0 saturated heterocycles. The molecule has 0 rings (SSSR count). The van der Waals surface area contributed by atoms with E-state index in [1.165, 1.54) is 0 Å². The smallest absolute Gasteiger partial charge is 0.326 e. The Bertz CT molecular complexity index is 594. The summed E-state index contributed by atoms with van der Waals surface area (Å²) in [6.07, 6.45) is 0.651. The third-order valence-electron chi connectivity index (χ3n) is 4.45. The van der Waals surface area contributed by atoms with Gasteiger partial charge in [-0.2, -0.15) is 0 Å². The van der Waals surface area contributed by atoms with Gasteiger partial charge in [0.05, 0.1) is 12.6 Å². The molecule has 0 aliphatic rings. The molecule has 10 nitrogen and oxygen atoms in total. The number of nitrogens with one attached hydrogen (secondary N) is 3. The van der Waals surface area contributed by atoms with Crippen molar-refractivity contribution in [1.82, 2.24) is 16.0 Å². The van der Waals surface area contributed by atoms with E-state index in [9.17, 15) is 29.4 Å². The van der Waals surface area contributed by atoms with Crippen molar-refractivity contribution in [3.05, 3.63) is 0 Å². The SMILES string of the molecule is CC(C)CC(N)C(=O)NC(C(=O)NC(CO)C(=O)NC(CC(C)C)C(=O)O)C(C)C. The molecule has 4 atom stereocenters. The molecule has 0 spiro atoms. The van der Waals surface area contributed by atoms with Crippen LogP contribution in [-0.4, -0.2) is 64.7 Å². The summed E-state index contributed by atoms with van der Waals surface area (Å²) >= 11 is 0. The number of hydrogen-bond donors (Lipinski definition) is 6. The lowest BCUT2D eigenvalue weighted by atomic mass is 10.00. The number of nitrogens with two attached hydrogens (primary N) is 1. The van der Waals surface area contributed by atoms with Crippen molar-refractivity contribution < 1.29 is 29.4 Å². The average Bonchev–Trinajstić information content (AvgIpc) is 2.61. The van der Waals surface area contributed by atoms with Gasteiger partial charge >= 0.3 is 5.97 Å². The minimum absolute atomic E-state index is 0.0177. The molecule has 3 amide bonds. The number of carboxylic acids is 1. The number of amides is 3. The summed E-state index contributed by atoms with van der Waals surface area (Å²) in [5.74, 6) is -3.26. The molecule has 0 radical (unpaired) electrons. The number of rotatable bonds is 13. The standard InChI is InChI=1S/C20H38N4O6/c1-10(2)7-13(21)17(26)24-16(12(5)6)19(28)23-15(9-25)18(27)22-14(20(29)30)8-11(3)4/h10-16,25H,7-9,21H2,1-6H3,(H,22,27)(H,23,28)(H,24,26)(H,29,30). The summed E-state index contributed by atoms with van der Waals surface area (Å²) < 4.78 is 0. The van der Waals surface area contributed by atoms with Crippen LogP contribution in [0, 0.1) is 17.8 Å². The molecule has 0 aliphatic carbocycles. The summed E-state index contributed by atoms with van der Waals surface area (Å²) in [5, 5.41) is 26.1. The quantitative estimate of drug-likeness (QED) is 0.231. The van der Waals surface area contributed by atoms with Crippen LogP contribution in [0.3, 0.4) is 0 Å². The van der Waals surface area contributed by atoms with Crippen LogP contribution >= 0.6 is 0 Å². The highest BCUT2D eigenvalue weighted by atomic mass is 16.4. The first-order valence-corrected chi connectivity index (χ1v) is 10.3. The van der Waals surface area contributed by atoms with Crippen LogP contribution in [0.4, 0.5) is 0 Å². The highest BCUT2D eigenvalue weighted by Gasteiger charge is 2.31. The first-order chi connectivity index (χ1) is 13.8. The van der Waals surface area contributed by atoms with Gasteiger partial charge in [-0.3, -0.25) is 14.4 Å². The predicted octanol–water partition coefficient (Wildman–Crippen LogP) is -0.407. The van der Waals surface area contributed by atoms with Crippen LogP contribution in [0.2, 0.25) is 0 Å². The zero-order valence-corrected chi connectivity index (χ0v) is 18.8. The molecular formula is C20H38N4O6. The number of carbonyl (C=O) groups excluding carboxylic acids is 3. The van der Waals surface area contributed by atoms with E-state index < -0.39 is 54.5 Å². The molecule has 0 bridgehead atoms. The van der Waals surface area contributed by atoms with Gasteiger partial charge in [0.25, 0.3) is 0 Å². The molecular weight excluding hydrogens is 392 g/mol. The fourth-order valence-electron chi connectivity index (χ4n) is 2.83. The molecule has 0 aromatic rings. The molecule has 0 saturated carbocycles. The van der Waals surface area contributed by atoms with E-state index in [0.29, 0.717) is 6.42 Å². The van der Waals surface area contributed by atoms with Crippen molar-refractivity contribution in [3.63, 3.8) is 0 Å². The minimum atomic E-state index is -1.35. The Morgan fingerprint density at radius 2 is 1.27 bits per heavy atom. The number of carboxylic acid groups (broad SMARTS) is 1. The van der Waals surface area contributed by atoms with E-state index in [0.717, 1.165) is 0 Å². The first-order valence-electron chi connectivity index (χ1n) is 10.3. The molecule has 0 fully saturated rings. The molecule has 10 heteroatoms. The summed E-state index contributed by atoms with van der Waals surface area (Å²) in [6.45, 7) is 10.2. The second-order valence-corrected chi connectivity index (χ2v) is 8.74. The van der Waals surface area contributed by atoms with E-state index in [4.69, 9.17) is 5.73 Å². The van der Waals surface area contributed by atoms with Gasteiger partial charge in [-0.1, -0.05) is 41.5 Å². The highest BCUT2D eigenvalue weighted by Crippen LogP contribution is 2.08. The van der Waals surface area contributed by atoms with Crippen LogP contribution in [-0.2, 0) is 19.2 Å². The topological polar surface area (TPSA) is 171 Å². The number of carbonyl (C=O) groups is 4. The Morgan fingerprint density at radius 1 is 0.767 bits per heavy atom. The molecule has 4 unspecified atom stereocenters. The zero-order valence-electron chi connectivity index (χ0n) is 18.8. The van der Waals surface area contributed by atoms with Gasteiger partial charge in [-0.25, -0.2) is 4.79 Å². The monoisotopic (exact) mass is 430 g/mol. The predicted molar refractivity (Wildman–Crippen MR) is 112 cm³/mol. The summed E-state index contributed by atoms with van der Waals surface area (Å²) in [4.78, 5) is 48.7. The fourth-order valence-corrected chi connectivity index (χ4v) is 2.83. The van der Waals surface area contributed by atoms with E-state index in [2.05, 4.69) is 16.0 Å². The van der Waals surface area contributed by atoms with E-state index in [-0.39, 0.29) is 24.2 Å². The lowest BCUT2D eigenvalue weighted by molar-refractivity contribution is -0.143. The normalized spacial score (nSPS) is 15.4. The summed E-state index contributed by atoms with van der Waals surface area (Å²) in [7, 11) is 0. The Balaban J connectivity index is 5.15. The van der Waals surface area contributed by atoms with Crippen molar-refractivity contribution >= 4 is 23.7 Å². The fraction of sp³-hybridized carbons (Fsp3) is 0.800. The Morgan fingerprint density at radius 3 is 1.67 bits per heavy atom. The van der Waals surface area contributed by atoms with Gasteiger partial charge < -0.3 is 31.9 Å². The van der Waals surface area contributed by atoms with E-state index in [1.807, 2.05) is 27.7 Å². The van der Waals surface area contributed by atoms with Crippen molar-refractivity contribution in [2.75, 3.05) is 6.61 Å². The van der Waals surface area contributed by atoms with Crippen LogP contribution in [0.5, 0.6) is 0 Å². The van der Waals surface area contributed by atoms with Crippen LogP contribution < -0.4 is 21.7 Å². The number of aliphatic hydroxyl groups is 1. The minimum Gasteiger partial charge on any atom is -0.480 e. The van der Waals surface area contributed by atoms with Gasteiger partial charge in [-0.05, 0) is 30.6 Å². The molecule has 7 N–H and O–H groups in total. The molecule has 0 aromatic carbocycles. The van der Waals surface area contributed by atoms with Crippen molar-refractivity contribution in [3.8, 4) is 0 Å². The lowest BCUT2D eigenvalue weighted by Crippen LogP contribution is -2.59. The molecule has 30 heavy (non-hydrogen) atoms. The lowest BCUT2D eigenvalue weighted by Gasteiger charge is -2.26. The average molecular weight is 431 g/mol. The zero-order chi connectivity index (χ0) is 23.6. The number of aliphatic carboxylic acids is 1. The van der Waals surface area contributed by atoms with Gasteiger partial charge in [-0.15, -0.1) is 0 Å². The third-order valence-corrected chi connectivity index (χ3v) is 4.45. The third kappa shape index (κ3) is 10.0. The van der Waals surface area contributed by atoms with Crippen LogP contribution in [0.25, 0.3) is 0 Å². The second-order valence-electron chi connectivity index (χ2n) is 8.74. The molecule has 0 aromatic heterocycles. The van der Waals surface area contributed by atoms with Crippen LogP contribution in [0.15, 0.2) is 0 Å². The van der Waals surface area contributed by atoms with E-state index >= 15 is 0 Å². The van der Waals surface area contributed by atoms with Crippen molar-refractivity contribution in [2.24, 2.45) is 23.5 Å². The van der Waals surface area contributed by atoms with Crippen molar-refractivity contribution in [2.45, 2.75) is 78.6 Å². The Kier molecular flexibility index (Phi) is 12.2. The Hall–Kier alpha value is -2.20. The maximum Gasteiger partial charge on any atom is 0.326 e. The first kappa shape index (κ1) is 27.8. The second kappa shape index (κ2) is 13.2. The van der Waals surface area contributed by atoms with Gasteiger partial charge in [0.2, 0.25) is 17.7 Å². The maximum atomic E-state index is 12.7. The van der Waals surface area contributed by atoms with E-state index in [1.54, 1.807) is 13.8 Å². The largest absolute Gasteiger partial charge is 0.480 e. The maximum absolute atomic E-state index is 12.7. The van der Waals surface area contributed by atoms with Crippen molar-refractivity contribution in [1.29, 1.82) is 0 Å². The molecule has 0 heterocycles. The highest BCUT2D eigenvalue weighted by molar-refractivity contribution is 5.94. The summed E-state index contributed by atoms with van der Waals surface area (Å²) in [6, 6.07) is -4.24. The molecule has 0 aliphatic heterocycles. The number of hydrogen-bond acceptors (Lipinski definition) is 6. The number of aliphatic hydroxyl groups excluding tert-OH is 1. The van der Waals surface area contributed by atoms with Gasteiger partial charge in [0, 0.05) is 0 Å². The van der Waals surface area contributed by atoms with Gasteiger partial charge in [0.15, 0.2) is 0 Å². The van der Waals surface area contributed by atoms with Gasteiger partial charge in [0.1, 0.15) is 18.1 Å². The Labute approximate surface area is 178 Å². The van der Waals surface area contributed by atoms with Crippen LogP contribution in [0.1, 0.15) is 54.4 Å². The molecule has 174 valence electrons. The summed E-state index contributed by atoms with van der Waals surface area (Å²) in [5.41, 5.74) is 5.86.